The summed E-state index contributed by atoms with van der Waals surface area (Å²) in [5, 5.41) is 11.7. The van der Waals surface area contributed by atoms with Gasteiger partial charge in [0.05, 0.1) is 12.7 Å². The molecule has 0 spiro atoms. The number of hydrogen-bond donors (Lipinski definition) is 1. The normalized spacial score (nSPS) is 10.6. The fraction of sp³-hybridized carbons (Fsp3) is 0.333. The van der Waals surface area contributed by atoms with Gasteiger partial charge in [0.25, 0.3) is 0 Å². The smallest absolute Gasteiger partial charge is 0.243 e. The van der Waals surface area contributed by atoms with E-state index in [2.05, 4.69) is 5.32 Å². The molecule has 0 bridgehead atoms. The molecule has 0 radical (unpaired) electrons. The van der Waals surface area contributed by atoms with Crippen molar-refractivity contribution >= 4 is 5.91 Å². The lowest BCUT2D eigenvalue weighted by Gasteiger charge is -2.07. The first-order chi connectivity index (χ1) is 9.56. The van der Waals surface area contributed by atoms with E-state index in [0.29, 0.717) is 17.9 Å². The molecule has 0 aromatic heterocycles. The van der Waals surface area contributed by atoms with Crippen molar-refractivity contribution in [3.8, 4) is 11.8 Å². The molecule has 106 valence electrons. The molecular weight excluding hydrogens is 254 g/mol. The predicted octanol–water partition coefficient (Wildman–Crippen LogP) is 1.30. The van der Waals surface area contributed by atoms with E-state index in [-0.39, 0.29) is 5.91 Å². The number of methoxy groups -OCH3 is 1. The van der Waals surface area contributed by atoms with Crippen molar-refractivity contribution < 1.29 is 9.53 Å². The zero-order valence-electron chi connectivity index (χ0n) is 12.0. The fourth-order valence-electron chi connectivity index (χ4n) is 1.56. The summed E-state index contributed by atoms with van der Waals surface area (Å²) in [4.78, 5) is 13.5. The van der Waals surface area contributed by atoms with E-state index in [1.54, 1.807) is 24.3 Å². The van der Waals surface area contributed by atoms with Crippen LogP contribution in [-0.4, -0.2) is 38.6 Å². The summed E-state index contributed by atoms with van der Waals surface area (Å²) < 4.78 is 5.12. The number of nitrogens with zero attached hydrogens (tertiary/aromatic N) is 2. The second-order valence-corrected chi connectivity index (χ2v) is 4.53. The fourth-order valence-corrected chi connectivity index (χ4v) is 1.56. The zero-order valence-corrected chi connectivity index (χ0v) is 12.0. The van der Waals surface area contributed by atoms with E-state index in [9.17, 15) is 4.79 Å². The topological polar surface area (TPSA) is 65.4 Å². The minimum atomic E-state index is -0.143. The first-order valence-corrected chi connectivity index (χ1v) is 6.23. The lowest BCUT2D eigenvalue weighted by molar-refractivity contribution is -0.116. The second kappa shape index (κ2) is 7.97. The van der Waals surface area contributed by atoms with E-state index >= 15 is 0 Å². The Hall–Kier alpha value is -2.32. The van der Waals surface area contributed by atoms with Gasteiger partial charge in [-0.05, 0) is 31.8 Å². The van der Waals surface area contributed by atoms with Crippen molar-refractivity contribution in [1.29, 1.82) is 5.26 Å². The summed E-state index contributed by atoms with van der Waals surface area (Å²) in [6.45, 7) is 1.12. The monoisotopic (exact) mass is 273 g/mol. The van der Waals surface area contributed by atoms with E-state index in [4.69, 9.17) is 10.00 Å². The summed E-state index contributed by atoms with van der Waals surface area (Å²) in [6.07, 6.45) is 3.32. The number of carbonyl (C=O) groups excluding carboxylic acids is 1. The molecular formula is C15H19N3O2. The molecule has 0 saturated carbocycles. The van der Waals surface area contributed by atoms with Crippen molar-refractivity contribution in [2.45, 2.75) is 6.54 Å². The molecule has 0 aliphatic carbocycles. The average molecular weight is 273 g/mol. The van der Waals surface area contributed by atoms with Crippen molar-refractivity contribution in [2.24, 2.45) is 0 Å². The molecule has 0 heterocycles. The van der Waals surface area contributed by atoms with Gasteiger partial charge in [-0.15, -0.1) is 0 Å². The second-order valence-electron chi connectivity index (χ2n) is 4.53. The van der Waals surface area contributed by atoms with E-state index < -0.39 is 0 Å². The molecule has 1 aromatic rings. The molecule has 5 nitrogen and oxygen atoms in total. The summed E-state index contributed by atoms with van der Waals surface area (Å²) in [6, 6.07) is 7.28. The molecule has 1 aromatic carbocycles. The summed E-state index contributed by atoms with van der Waals surface area (Å²) in [7, 11) is 5.39. The number of carbonyl (C=O) groups is 1. The van der Waals surface area contributed by atoms with E-state index in [0.717, 1.165) is 12.1 Å². The van der Waals surface area contributed by atoms with E-state index in [1.807, 2.05) is 25.1 Å². The summed E-state index contributed by atoms with van der Waals surface area (Å²) in [5.74, 6) is 0.373. The van der Waals surface area contributed by atoms with Crippen LogP contribution in [0.1, 0.15) is 11.1 Å². The van der Waals surface area contributed by atoms with Gasteiger partial charge in [0.2, 0.25) is 5.91 Å². The Kier molecular flexibility index (Phi) is 6.27. The SMILES string of the molecule is COc1cc(CNC(=O)/C=C/CN(C)C)ccc1C#N. The van der Waals surface area contributed by atoms with Crippen LogP contribution in [0.5, 0.6) is 5.75 Å². The highest BCUT2D eigenvalue weighted by Gasteiger charge is 2.04. The summed E-state index contributed by atoms with van der Waals surface area (Å²) >= 11 is 0. The van der Waals surface area contributed by atoms with Gasteiger partial charge in [0, 0.05) is 19.2 Å². The number of ether oxygens (including phenoxy) is 1. The van der Waals surface area contributed by atoms with Crippen molar-refractivity contribution in [2.75, 3.05) is 27.7 Å². The molecule has 0 unspecified atom stereocenters. The van der Waals surface area contributed by atoms with Crippen LogP contribution in [0.15, 0.2) is 30.4 Å². The molecule has 1 rings (SSSR count). The molecule has 0 saturated heterocycles. The maximum Gasteiger partial charge on any atom is 0.243 e. The number of benzene rings is 1. The first-order valence-electron chi connectivity index (χ1n) is 6.23. The van der Waals surface area contributed by atoms with Gasteiger partial charge < -0.3 is 15.0 Å². The quantitative estimate of drug-likeness (QED) is 0.793. The van der Waals surface area contributed by atoms with Gasteiger partial charge in [-0.2, -0.15) is 5.26 Å². The van der Waals surface area contributed by atoms with Gasteiger partial charge in [0.15, 0.2) is 0 Å². The van der Waals surface area contributed by atoms with Crippen molar-refractivity contribution in [3.05, 3.63) is 41.5 Å². The van der Waals surface area contributed by atoms with Crippen LogP contribution in [0.4, 0.5) is 0 Å². The molecule has 0 aliphatic heterocycles. The maximum atomic E-state index is 11.6. The molecule has 0 aliphatic rings. The minimum absolute atomic E-state index is 0.143. The lowest BCUT2D eigenvalue weighted by Crippen LogP contribution is -2.21. The Balaban J connectivity index is 2.56. The minimum Gasteiger partial charge on any atom is -0.495 e. The van der Waals surface area contributed by atoms with Gasteiger partial charge in [-0.3, -0.25) is 4.79 Å². The first kappa shape index (κ1) is 15.7. The van der Waals surface area contributed by atoms with Crippen molar-refractivity contribution in [3.63, 3.8) is 0 Å². The molecule has 1 N–H and O–H groups in total. The standard InChI is InChI=1S/C15H19N3O2/c1-18(2)8-4-5-15(19)17-11-12-6-7-13(10-16)14(9-12)20-3/h4-7,9H,8,11H2,1-3H3,(H,17,19)/b5-4+. The average Bonchev–Trinajstić information content (AvgIpc) is 2.44. The summed E-state index contributed by atoms with van der Waals surface area (Å²) in [5.41, 5.74) is 1.36. The van der Waals surface area contributed by atoms with Crippen LogP contribution >= 0.6 is 0 Å². The third-order valence-corrected chi connectivity index (χ3v) is 2.59. The third-order valence-electron chi connectivity index (χ3n) is 2.59. The number of rotatable bonds is 6. The molecule has 1 amide bonds. The predicted molar refractivity (Wildman–Crippen MR) is 77.2 cm³/mol. The number of nitrogens with one attached hydrogen (secondary N) is 1. The highest BCUT2D eigenvalue weighted by molar-refractivity contribution is 5.87. The Labute approximate surface area is 119 Å². The molecule has 20 heavy (non-hydrogen) atoms. The maximum absolute atomic E-state index is 11.6. The Morgan fingerprint density at radius 1 is 1.50 bits per heavy atom. The number of nitriles is 1. The highest BCUT2D eigenvalue weighted by Crippen LogP contribution is 2.18. The number of amides is 1. The Bertz CT molecular complexity index is 530. The largest absolute Gasteiger partial charge is 0.495 e. The van der Waals surface area contributed by atoms with Crippen LogP contribution < -0.4 is 10.1 Å². The van der Waals surface area contributed by atoms with E-state index in [1.165, 1.54) is 13.2 Å². The number of hydrogen-bond acceptors (Lipinski definition) is 4. The van der Waals surface area contributed by atoms with Gasteiger partial charge in [-0.1, -0.05) is 12.1 Å². The van der Waals surface area contributed by atoms with Gasteiger partial charge in [-0.25, -0.2) is 0 Å². The lowest BCUT2D eigenvalue weighted by atomic mass is 10.1. The number of likely N-dealkylation sites (N-methyl/N-ethyl adjacent to an activating group) is 1. The highest BCUT2D eigenvalue weighted by atomic mass is 16.5. The van der Waals surface area contributed by atoms with Crippen LogP contribution in [0, 0.1) is 11.3 Å². The van der Waals surface area contributed by atoms with Crippen molar-refractivity contribution in [1.82, 2.24) is 10.2 Å². The zero-order chi connectivity index (χ0) is 15.0. The molecule has 0 fully saturated rings. The van der Waals surface area contributed by atoms with Gasteiger partial charge >= 0.3 is 0 Å². The van der Waals surface area contributed by atoms with Crippen LogP contribution in [0.3, 0.4) is 0 Å². The Morgan fingerprint density at radius 3 is 2.85 bits per heavy atom. The molecule has 5 heteroatoms. The van der Waals surface area contributed by atoms with Crippen LogP contribution in [0.25, 0.3) is 0 Å². The van der Waals surface area contributed by atoms with Gasteiger partial charge in [0.1, 0.15) is 11.8 Å². The third kappa shape index (κ3) is 5.12. The molecule has 0 atom stereocenters. The van der Waals surface area contributed by atoms with Crippen LogP contribution in [-0.2, 0) is 11.3 Å². The van der Waals surface area contributed by atoms with Crippen LogP contribution in [0.2, 0.25) is 0 Å². The Morgan fingerprint density at radius 2 is 2.25 bits per heavy atom.